The van der Waals surface area contributed by atoms with Gasteiger partial charge in [0.05, 0.1) is 10.7 Å². The number of H-pyrrole nitrogens is 1. The largest absolute Gasteiger partial charge is 0.398 e. The van der Waals surface area contributed by atoms with Gasteiger partial charge in [-0.05, 0) is 18.2 Å². The van der Waals surface area contributed by atoms with E-state index in [1.165, 1.54) is 0 Å². The summed E-state index contributed by atoms with van der Waals surface area (Å²) in [6.07, 6.45) is 0. The van der Waals surface area contributed by atoms with Crippen molar-refractivity contribution < 1.29 is 0 Å². The van der Waals surface area contributed by atoms with Crippen LogP contribution in [0.5, 0.6) is 0 Å². The quantitative estimate of drug-likeness (QED) is 0.466. The number of aromatic amines is 1. The fraction of sp³-hybridized carbons (Fsp3) is 0. The maximum atomic E-state index is 7.97. The molecule has 0 saturated heterocycles. The predicted molar refractivity (Wildman–Crippen MR) is 68.3 cm³/mol. The molecule has 1 aliphatic heterocycles. The second-order valence-electron chi connectivity index (χ2n) is 4.04. The van der Waals surface area contributed by atoms with E-state index in [-0.39, 0.29) is 0 Å². The van der Waals surface area contributed by atoms with Crippen LogP contribution in [0.1, 0.15) is 0 Å². The normalized spacial score (nSPS) is 11.1. The van der Waals surface area contributed by atoms with Crippen molar-refractivity contribution in [1.82, 2.24) is 4.98 Å². The first-order chi connectivity index (χ1) is 8.18. The molecule has 4 nitrogen and oxygen atoms in total. The van der Waals surface area contributed by atoms with Crippen molar-refractivity contribution in [3.05, 3.63) is 52.3 Å². The molecule has 3 rings (SSSR count). The average molecular weight is 224 g/mol. The Balaban J connectivity index is 2.72. The van der Waals surface area contributed by atoms with E-state index in [1.807, 2.05) is 18.2 Å². The maximum Gasteiger partial charge on any atom is 0.100 e. The molecule has 1 aliphatic carbocycles. The maximum absolute atomic E-state index is 7.97. The zero-order chi connectivity index (χ0) is 12.0. The highest BCUT2D eigenvalue weighted by molar-refractivity contribution is 5.96. The lowest BCUT2D eigenvalue weighted by Crippen LogP contribution is -2.03. The van der Waals surface area contributed by atoms with Gasteiger partial charge in [-0.2, -0.15) is 0 Å². The van der Waals surface area contributed by atoms with Gasteiger partial charge in [-0.25, -0.2) is 0 Å². The lowest BCUT2D eigenvalue weighted by atomic mass is 10.0. The summed E-state index contributed by atoms with van der Waals surface area (Å²) in [5, 5.41) is 12.1. The molecule has 0 aromatic heterocycles. The monoisotopic (exact) mass is 224 g/mol. The van der Waals surface area contributed by atoms with Crippen molar-refractivity contribution >= 4 is 22.3 Å². The molecule has 0 fully saturated rings. The van der Waals surface area contributed by atoms with Crippen molar-refractivity contribution in [2.24, 2.45) is 0 Å². The second-order valence-corrected chi connectivity index (χ2v) is 4.04. The van der Waals surface area contributed by atoms with Crippen LogP contribution in [-0.4, -0.2) is 4.98 Å². The Hall–Kier alpha value is -2.49. The summed E-state index contributed by atoms with van der Waals surface area (Å²) < 4.78 is 0. The molecule has 2 aliphatic rings. The minimum Gasteiger partial charge on any atom is -0.398 e. The first kappa shape index (κ1) is 9.72. The third kappa shape index (κ3) is 1.27. The Bertz CT molecular complexity index is 832. The fourth-order valence-corrected chi connectivity index (χ4v) is 2.17. The molecule has 4 heteroatoms. The molecule has 84 valence electrons. The van der Waals surface area contributed by atoms with Gasteiger partial charge in [0.15, 0.2) is 0 Å². The van der Waals surface area contributed by atoms with Gasteiger partial charge in [-0.15, -0.1) is 0 Å². The van der Waals surface area contributed by atoms with E-state index in [9.17, 15) is 0 Å². The van der Waals surface area contributed by atoms with Crippen LogP contribution in [-0.2, 0) is 0 Å². The number of hydrogen-bond donors (Lipinski definition) is 4. The number of nitrogen functional groups attached to an aromatic ring is 2. The van der Waals surface area contributed by atoms with Crippen LogP contribution in [0.25, 0.3) is 10.8 Å². The minimum atomic E-state index is 0.450. The Kier molecular flexibility index (Phi) is 1.86. The van der Waals surface area contributed by atoms with Gasteiger partial charge in [-0.1, -0.05) is 18.2 Å². The average Bonchev–Trinajstić information content (AvgIpc) is 2.48. The molecular weight excluding hydrogens is 212 g/mol. The summed E-state index contributed by atoms with van der Waals surface area (Å²) in [4.78, 5) is 3.10. The van der Waals surface area contributed by atoms with Crippen molar-refractivity contribution in [1.29, 1.82) is 5.41 Å². The smallest absolute Gasteiger partial charge is 0.100 e. The number of hydrogen-bond acceptors (Lipinski definition) is 3. The van der Waals surface area contributed by atoms with E-state index in [2.05, 4.69) is 4.98 Å². The van der Waals surface area contributed by atoms with Crippen LogP contribution < -0.4 is 16.8 Å². The summed E-state index contributed by atoms with van der Waals surface area (Å²) in [7, 11) is 0. The summed E-state index contributed by atoms with van der Waals surface area (Å²) in [6.45, 7) is 0. The molecule has 0 radical (unpaired) electrons. The molecule has 1 heterocycles. The summed E-state index contributed by atoms with van der Waals surface area (Å²) >= 11 is 0. The number of nitrogens with one attached hydrogen (secondary N) is 2. The van der Waals surface area contributed by atoms with Crippen LogP contribution >= 0.6 is 0 Å². The highest BCUT2D eigenvalue weighted by Gasteiger charge is 2.09. The van der Waals surface area contributed by atoms with Crippen molar-refractivity contribution in [3.63, 3.8) is 0 Å². The molecule has 17 heavy (non-hydrogen) atoms. The van der Waals surface area contributed by atoms with Crippen LogP contribution in [0.3, 0.4) is 0 Å². The number of rotatable bonds is 0. The van der Waals surface area contributed by atoms with Gasteiger partial charge in [0.25, 0.3) is 0 Å². The van der Waals surface area contributed by atoms with E-state index in [4.69, 9.17) is 16.9 Å². The Labute approximate surface area is 97.0 Å². The topological polar surface area (TPSA) is 91.7 Å². The third-order valence-electron chi connectivity index (χ3n) is 2.94. The van der Waals surface area contributed by atoms with Crippen LogP contribution in [0.2, 0.25) is 0 Å². The molecule has 0 unspecified atom stereocenters. The molecule has 6 N–H and O–H groups in total. The number of anilines is 2. The van der Waals surface area contributed by atoms with E-state index in [0.29, 0.717) is 16.9 Å². The molecule has 0 amide bonds. The summed E-state index contributed by atoms with van der Waals surface area (Å²) in [5.41, 5.74) is 12.4. The van der Waals surface area contributed by atoms with Gasteiger partial charge in [0, 0.05) is 21.7 Å². The Morgan fingerprint density at radius 1 is 0.941 bits per heavy atom. The first-order valence-corrected chi connectivity index (χ1v) is 5.32. The van der Waals surface area contributed by atoms with Gasteiger partial charge >= 0.3 is 0 Å². The highest BCUT2D eigenvalue weighted by Crippen LogP contribution is 2.24. The molecule has 0 atom stereocenters. The lowest BCUT2D eigenvalue weighted by molar-refractivity contribution is 1.25. The zero-order valence-corrected chi connectivity index (χ0v) is 9.12. The van der Waals surface area contributed by atoms with Crippen molar-refractivity contribution in [3.8, 4) is 0 Å². The molecule has 0 bridgehead atoms. The fourth-order valence-electron chi connectivity index (χ4n) is 2.17. The summed E-state index contributed by atoms with van der Waals surface area (Å²) in [6, 6.07) is 11.0. The zero-order valence-electron chi connectivity index (χ0n) is 9.12. The van der Waals surface area contributed by atoms with E-state index >= 15 is 0 Å². The number of fused-ring (bicyclic) bond motifs is 3. The van der Waals surface area contributed by atoms with Crippen LogP contribution in [0.15, 0.2) is 36.4 Å². The molecule has 0 saturated carbocycles. The molecular formula is C13H12N4. The van der Waals surface area contributed by atoms with Gasteiger partial charge in [0.1, 0.15) is 5.82 Å². The predicted octanol–water partition coefficient (Wildman–Crippen LogP) is 1.54. The van der Waals surface area contributed by atoms with E-state index in [1.54, 1.807) is 18.2 Å². The van der Waals surface area contributed by atoms with Crippen molar-refractivity contribution in [2.45, 2.75) is 0 Å². The van der Waals surface area contributed by atoms with Gasteiger partial charge in [-0.3, -0.25) is 0 Å². The van der Waals surface area contributed by atoms with Crippen LogP contribution in [0.4, 0.5) is 11.5 Å². The van der Waals surface area contributed by atoms with E-state index < -0.39 is 0 Å². The number of aromatic nitrogens is 1. The third-order valence-corrected chi connectivity index (χ3v) is 2.94. The summed E-state index contributed by atoms with van der Waals surface area (Å²) in [5.74, 6) is 0.571. The molecule has 0 spiro atoms. The minimum absolute atomic E-state index is 0.450. The Morgan fingerprint density at radius 3 is 2.53 bits per heavy atom. The SMILES string of the molecule is N=c1cccc(N)c2c3cccc(N)[nH]c=3c12. The molecule has 1 aromatic rings. The number of nitrogens with two attached hydrogens (primary N) is 2. The van der Waals surface area contributed by atoms with Crippen molar-refractivity contribution in [2.75, 3.05) is 11.5 Å². The lowest BCUT2D eigenvalue weighted by Gasteiger charge is -2.04. The van der Waals surface area contributed by atoms with Gasteiger partial charge in [0.2, 0.25) is 0 Å². The van der Waals surface area contributed by atoms with Gasteiger partial charge < -0.3 is 21.9 Å². The first-order valence-electron chi connectivity index (χ1n) is 5.32. The standard InChI is InChI=1S/C13H12N4/c14-8-4-2-5-9(15)12-11(8)7-3-1-6-10(16)17-13(7)12/h1-6,15,17H,14,16H2. The highest BCUT2D eigenvalue weighted by atomic mass is 14.8. The second kappa shape index (κ2) is 3.25. The van der Waals surface area contributed by atoms with Crippen LogP contribution in [0, 0.1) is 16.0 Å². The van der Waals surface area contributed by atoms with E-state index in [0.717, 1.165) is 21.3 Å². The molecule has 1 aromatic carbocycles. The Morgan fingerprint density at radius 2 is 1.71 bits per heavy atom.